The molecule has 1 aromatic heterocycles. The third kappa shape index (κ3) is 4.28. The summed E-state index contributed by atoms with van der Waals surface area (Å²) in [6, 6.07) is 6.45. The maximum absolute atomic E-state index is 9.42. The predicted molar refractivity (Wildman–Crippen MR) is 102 cm³/mol. The molecule has 1 aliphatic heterocycles. The van der Waals surface area contributed by atoms with Crippen LogP contribution in [0.1, 0.15) is 35.1 Å². The van der Waals surface area contributed by atoms with E-state index < -0.39 is 0 Å². The van der Waals surface area contributed by atoms with Crippen LogP contribution in [0.15, 0.2) is 24.5 Å². The minimum absolute atomic E-state index is 0.249. The van der Waals surface area contributed by atoms with Gasteiger partial charge in [0.15, 0.2) is 0 Å². The van der Waals surface area contributed by atoms with Crippen LogP contribution in [0.5, 0.6) is 0 Å². The fourth-order valence-electron chi connectivity index (χ4n) is 3.71. The number of aryl methyl sites for hydroxylation is 3. The third-order valence-electron chi connectivity index (χ3n) is 5.04. The monoisotopic (exact) mass is 340 g/mol. The molecule has 0 spiro atoms. The number of aromatic nitrogens is 2. The maximum atomic E-state index is 9.42. The van der Waals surface area contributed by atoms with Gasteiger partial charge in [0.25, 0.3) is 0 Å². The summed E-state index contributed by atoms with van der Waals surface area (Å²) in [5, 5.41) is 12.9. The number of anilines is 2. The zero-order valence-corrected chi connectivity index (χ0v) is 15.4. The Balaban J connectivity index is 1.70. The van der Waals surface area contributed by atoms with Crippen molar-refractivity contribution in [3.8, 4) is 0 Å². The van der Waals surface area contributed by atoms with Gasteiger partial charge in [-0.3, -0.25) is 0 Å². The second-order valence-electron chi connectivity index (χ2n) is 7.13. The van der Waals surface area contributed by atoms with E-state index in [-0.39, 0.29) is 6.61 Å². The fourth-order valence-corrected chi connectivity index (χ4v) is 3.71. The minimum Gasteiger partial charge on any atom is -0.396 e. The molecule has 0 amide bonds. The lowest BCUT2D eigenvalue weighted by Gasteiger charge is -2.32. The summed E-state index contributed by atoms with van der Waals surface area (Å²) in [6.45, 7) is 9.31. The summed E-state index contributed by atoms with van der Waals surface area (Å²) in [4.78, 5) is 11.0. The first-order chi connectivity index (χ1) is 12.1. The quantitative estimate of drug-likeness (QED) is 0.875. The topological polar surface area (TPSA) is 61.3 Å². The third-order valence-corrected chi connectivity index (χ3v) is 5.04. The van der Waals surface area contributed by atoms with Crippen molar-refractivity contribution in [2.45, 2.75) is 40.2 Å². The van der Waals surface area contributed by atoms with Crippen molar-refractivity contribution >= 4 is 11.6 Å². The number of nitrogens with one attached hydrogen (secondary N) is 1. The van der Waals surface area contributed by atoms with Crippen LogP contribution in [0.2, 0.25) is 0 Å². The van der Waals surface area contributed by atoms with Gasteiger partial charge in [0.05, 0.1) is 0 Å². The van der Waals surface area contributed by atoms with E-state index in [2.05, 4.69) is 53.1 Å². The molecule has 2 heterocycles. The number of hydrogen-bond acceptors (Lipinski definition) is 5. The zero-order chi connectivity index (χ0) is 17.8. The van der Waals surface area contributed by atoms with E-state index in [9.17, 15) is 5.11 Å². The van der Waals surface area contributed by atoms with Crippen molar-refractivity contribution in [3.63, 3.8) is 0 Å². The normalized spacial score (nSPS) is 17.6. The largest absolute Gasteiger partial charge is 0.396 e. The molecule has 1 aliphatic rings. The average molecular weight is 340 g/mol. The standard InChI is InChI=1S/C20H28N4O/c1-14-7-15(2)18(16(3)8-14)10-21-19-9-20(23-13-22-19)24-6-4-5-17(11-24)12-25/h7-9,13,17,25H,4-6,10-12H2,1-3H3,(H,21,22,23). The summed E-state index contributed by atoms with van der Waals surface area (Å²) >= 11 is 0. The summed E-state index contributed by atoms with van der Waals surface area (Å²) in [5.41, 5.74) is 5.23. The molecule has 1 atom stereocenters. The first-order valence-electron chi connectivity index (χ1n) is 9.05. The molecular formula is C20H28N4O. The van der Waals surface area contributed by atoms with Crippen LogP contribution in [0.4, 0.5) is 11.6 Å². The first kappa shape index (κ1) is 17.7. The van der Waals surface area contributed by atoms with E-state index in [1.165, 1.54) is 22.3 Å². The van der Waals surface area contributed by atoms with Crippen molar-refractivity contribution in [2.75, 3.05) is 29.9 Å². The smallest absolute Gasteiger partial charge is 0.134 e. The van der Waals surface area contributed by atoms with Crippen molar-refractivity contribution in [1.82, 2.24) is 9.97 Å². The molecular weight excluding hydrogens is 312 g/mol. The molecule has 3 rings (SSSR count). The Kier molecular flexibility index (Phi) is 5.53. The van der Waals surface area contributed by atoms with E-state index in [0.29, 0.717) is 5.92 Å². The molecule has 134 valence electrons. The van der Waals surface area contributed by atoms with E-state index in [1.54, 1.807) is 6.33 Å². The van der Waals surface area contributed by atoms with Crippen LogP contribution in [0, 0.1) is 26.7 Å². The molecule has 2 aromatic rings. The molecule has 25 heavy (non-hydrogen) atoms. The number of aliphatic hydroxyl groups is 1. The zero-order valence-electron chi connectivity index (χ0n) is 15.4. The van der Waals surface area contributed by atoms with Crippen LogP contribution in [-0.2, 0) is 6.54 Å². The Bertz CT molecular complexity index is 708. The molecule has 1 saturated heterocycles. The summed E-state index contributed by atoms with van der Waals surface area (Å²) < 4.78 is 0. The van der Waals surface area contributed by atoms with Gasteiger partial charge in [0, 0.05) is 32.3 Å². The van der Waals surface area contributed by atoms with Gasteiger partial charge in [0.2, 0.25) is 0 Å². The lowest BCUT2D eigenvalue weighted by Crippen LogP contribution is -2.37. The highest BCUT2D eigenvalue weighted by atomic mass is 16.3. The maximum Gasteiger partial charge on any atom is 0.134 e. The highest BCUT2D eigenvalue weighted by Crippen LogP contribution is 2.23. The van der Waals surface area contributed by atoms with Gasteiger partial charge >= 0.3 is 0 Å². The van der Waals surface area contributed by atoms with E-state index in [0.717, 1.165) is 44.1 Å². The SMILES string of the molecule is Cc1cc(C)c(CNc2cc(N3CCCC(CO)C3)ncn2)c(C)c1. The lowest BCUT2D eigenvalue weighted by atomic mass is 9.99. The van der Waals surface area contributed by atoms with Crippen molar-refractivity contribution < 1.29 is 5.11 Å². The number of nitrogens with zero attached hydrogens (tertiary/aromatic N) is 3. The van der Waals surface area contributed by atoms with Gasteiger partial charge in [-0.25, -0.2) is 9.97 Å². The van der Waals surface area contributed by atoms with Crippen LogP contribution in [-0.4, -0.2) is 34.8 Å². The number of benzene rings is 1. The number of aliphatic hydroxyl groups excluding tert-OH is 1. The van der Waals surface area contributed by atoms with Crippen LogP contribution < -0.4 is 10.2 Å². The van der Waals surface area contributed by atoms with Crippen LogP contribution in [0.25, 0.3) is 0 Å². The Morgan fingerprint density at radius 1 is 1.16 bits per heavy atom. The van der Waals surface area contributed by atoms with Gasteiger partial charge < -0.3 is 15.3 Å². The second-order valence-corrected chi connectivity index (χ2v) is 7.13. The number of hydrogen-bond donors (Lipinski definition) is 2. The molecule has 0 bridgehead atoms. The van der Waals surface area contributed by atoms with E-state index in [1.807, 2.05) is 6.07 Å². The molecule has 0 radical (unpaired) electrons. The number of piperidine rings is 1. The lowest BCUT2D eigenvalue weighted by molar-refractivity contribution is 0.208. The Morgan fingerprint density at radius 3 is 2.64 bits per heavy atom. The molecule has 5 heteroatoms. The Hall–Kier alpha value is -2.14. The highest BCUT2D eigenvalue weighted by molar-refractivity contribution is 5.50. The van der Waals surface area contributed by atoms with Gasteiger partial charge in [-0.15, -0.1) is 0 Å². The van der Waals surface area contributed by atoms with E-state index in [4.69, 9.17) is 0 Å². The van der Waals surface area contributed by atoms with Gasteiger partial charge in [-0.1, -0.05) is 17.7 Å². The van der Waals surface area contributed by atoms with Gasteiger partial charge in [-0.05, 0) is 56.2 Å². The number of rotatable bonds is 5. The van der Waals surface area contributed by atoms with Crippen LogP contribution >= 0.6 is 0 Å². The van der Waals surface area contributed by atoms with Gasteiger partial charge in [-0.2, -0.15) is 0 Å². The molecule has 0 aliphatic carbocycles. The molecule has 2 N–H and O–H groups in total. The average Bonchev–Trinajstić information content (AvgIpc) is 2.61. The Morgan fingerprint density at radius 2 is 1.92 bits per heavy atom. The van der Waals surface area contributed by atoms with Crippen molar-refractivity contribution in [1.29, 1.82) is 0 Å². The molecule has 1 aromatic carbocycles. The summed E-state index contributed by atoms with van der Waals surface area (Å²) in [5.74, 6) is 2.13. The van der Waals surface area contributed by atoms with Gasteiger partial charge in [0.1, 0.15) is 18.0 Å². The van der Waals surface area contributed by atoms with E-state index >= 15 is 0 Å². The fraction of sp³-hybridized carbons (Fsp3) is 0.500. The molecule has 1 fully saturated rings. The molecule has 1 unspecified atom stereocenters. The molecule has 0 saturated carbocycles. The second kappa shape index (κ2) is 7.83. The summed E-state index contributed by atoms with van der Waals surface area (Å²) in [7, 11) is 0. The predicted octanol–water partition coefficient (Wildman–Crippen LogP) is 3.22. The van der Waals surface area contributed by atoms with Crippen LogP contribution in [0.3, 0.4) is 0 Å². The summed E-state index contributed by atoms with van der Waals surface area (Å²) in [6.07, 6.45) is 3.81. The van der Waals surface area contributed by atoms with Crippen molar-refractivity contribution in [2.24, 2.45) is 5.92 Å². The Labute approximate surface area is 150 Å². The first-order valence-corrected chi connectivity index (χ1v) is 9.05. The van der Waals surface area contributed by atoms with Crippen molar-refractivity contribution in [3.05, 3.63) is 46.8 Å². The highest BCUT2D eigenvalue weighted by Gasteiger charge is 2.20. The minimum atomic E-state index is 0.249. The molecule has 5 nitrogen and oxygen atoms in total.